The molecule has 94 valence electrons. The summed E-state index contributed by atoms with van der Waals surface area (Å²) < 4.78 is 0. The van der Waals surface area contributed by atoms with Crippen LogP contribution in [-0.2, 0) is 6.54 Å². The van der Waals surface area contributed by atoms with Crippen molar-refractivity contribution in [1.82, 2.24) is 4.98 Å². The number of hydrogen-bond acceptors (Lipinski definition) is 3. The molecule has 1 aromatic heterocycles. The molecule has 0 amide bonds. The first kappa shape index (κ1) is 12.4. The van der Waals surface area contributed by atoms with Crippen LogP contribution in [0.15, 0.2) is 18.3 Å². The lowest BCUT2D eigenvalue weighted by atomic mass is 10.1. The number of anilines is 1. The number of pyridine rings is 1. The Labute approximate surface area is 104 Å². The van der Waals surface area contributed by atoms with Crippen LogP contribution in [0.3, 0.4) is 0 Å². The van der Waals surface area contributed by atoms with E-state index in [0.29, 0.717) is 12.6 Å². The molecule has 0 aromatic carbocycles. The van der Waals surface area contributed by atoms with E-state index in [0.717, 1.165) is 5.69 Å². The molecule has 1 aromatic rings. The Morgan fingerprint density at radius 1 is 1.24 bits per heavy atom. The molecule has 0 aliphatic heterocycles. The van der Waals surface area contributed by atoms with E-state index in [1.807, 2.05) is 12.3 Å². The van der Waals surface area contributed by atoms with E-state index >= 15 is 0 Å². The van der Waals surface area contributed by atoms with Crippen molar-refractivity contribution < 1.29 is 0 Å². The highest BCUT2D eigenvalue weighted by Crippen LogP contribution is 2.24. The topological polar surface area (TPSA) is 42.1 Å². The molecule has 1 aliphatic rings. The zero-order valence-corrected chi connectivity index (χ0v) is 10.7. The van der Waals surface area contributed by atoms with Gasteiger partial charge in [0.15, 0.2) is 0 Å². The molecular weight excluding hydrogens is 210 g/mol. The van der Waals surface area contributed by atoms with Crippen LogP contribution in [0.4, 0.5) is 5.69 Å². The predicted molar refractivity (Wildman–Crippen MR) is 72.0 cm³/mol. The van der Waals surface area contributed by atoms with E-state index in [2.05, 4.69) is 23.0 Å². The van der Waals surface area contributed by atoms with Gasteiger partial charge in [0.1, 0.15) is 0 Å². The van der Waals surface area contributed by atoms with Crippen molar-refractivity contribution in [2.45, 2.75) is 51.1 Å². The second-order valence-corrected chi connectivity index (χ2v) is 4.97. The van der Waals surface area contributed by atoms with Gasteiger partial charge in [-0.15, -0.1) is 0 Å². The highest BCUT2D eigenvalue weighted by molar-refractivity contribution is 5.44. The zero-order valence-electron chi connectivity index (χ0n) is 10.7. The lowest BCUT2D eigenvalue weighted by Gasteiger charge is -2.29. The maximum absolute atomic E-state index is 5.56. The van der Waals surface area contributed by atoms with Gasteiger partial charge in [-0.25, -0.2) is 0 Å². The molecule has 2 rings (SSSR count). The third kappa shape index (κ3) is 3.19. The minimum atomic E-state index is 0.521. The van der Waals surface area contributed by atoms with Crippen LogP contribution in [0, 0.1) is 0 Å². The van der Waals surface area contributed by atoms with Gasteiger partial charge in [-0.2, -0.15) is 0 Å². The molecule has 0 unspecified atom stereocenters. The van der Waals surface area contributed by atoms with Crippen LogP contribution in [0.1, 0.15) is 44.2 Å². The Kier molecular flexibility index (Phi) is 4.37. The lowest BCUT2D eigenvalue weighted by Crippen LogP contribution is -2.31. The van der Waals surface area contributed by atoms with E-state index in [9.17, 15) is 0 Å². The smallest absolute Gasteiger partial charge is 0.0552 e. The molecule has 17 heavy (non-hydrogen) atoms. The van der Waals surface area contributed by atoms with Gasteiger partial charge in [0.2, 0.25) is 0 Å². The van der Waals surface area contributed by atoms with Gasteiger partial charge in [0.05, 0.1) is 17.6 Å². The van der Waals surface area contributed by atoms with Crippen LogP contribution in [0.25, 0.3) is 0 Å². The summed E-state index contributed by atoms with van der Waals surface area (Å²) in [6.07, 6.45) is 10.1. The van der Waals surface area contributed by atoms with Crippen LogP contribution in [0.2, 0.25) is 0 Å². The Morgan fingerprint density at radius 3 is 2.47 bits per heavy atom. The Balaban J connectivity index is 2.03. The molecule has 3 nitrogen and oxygen atoms in total. The first-order valence-corrected chi connectivity index (χ1v) is 6.69. The third-order valence-corrected chi connectivity index (χ3v) is 3.80. The summed E-state index contributed by atoms with van der Waals surface area (Å²) in [5, 5.41) is 0. The van der Waals surface area contributed by atoms with Crippen molar-refractivity contribution in [1.29, 1.82) is 0 Å². The van der Waals surface area contributed by atoms with Gasteiger partial charge in [-0.3, -0.25) is 4.98 Å². The van der Waals surface area contributed by atoms with Gasteiger partial charge < -0.3 is 10.6 Å². The molecule has 0 atom stereocenters. The maximum Gasteiger partial charge on any atom is 0.0552 e. The molecule has 1 aliphatic carbocycles. The average Bonchev–Trinajstić information content (AvgIpc) is 2.67. The summed E-state index contributed by atoms with van der Waals surface area (Å²) >= 11 is 0. The van der Waals surface area contributed by atoms with Gasteiger partial charge in [0, 0.05) is 19.6 Å². The van der Waals surface area contributed by atoms with Gasteiger partial charge in [0.25, 0.3) is 0 Å². The molecule has 1 fully saturated rings. The van der Waals surface area contributed by atoms with Gasteiger partial charge in [-0.05, 0) is 25.0 Å². The maximum atomic E-state index is 5.56. The highest BCUT2D eigenvalue weighted by Gasteiger charge is 2.17. The van der Waals surface area contributed by atoms with Crippen molar-refractivity contribution in [2.24, 2.45) is 5.73 Å². The Morgan fingerprint density at radius 2 is 1.94 bits per heavy atom. The Hall–Kier alpha value is -1.09. The summed E-state index contributed by atoms with van der Waals surface area (Å²) in [6, 6.07) is 4.85. The standard InChI is InChI=1S/C14H23N3/c1-17(13-6-4-2-3-5-7-13)14-9-8-12(10-15)16-11-14/h8-9,11,13H,2-7,10,15H2,1H3. The molecule has 0 spiro atoms. The number of rotatable bonds is 3. The van der Waals surface area contributed by atoms with E-state index < -0.39 is 0 Å². The lowest BCUT2D eigenvalue weighted by molar-refractivity contribution is 0.552. The van der Waals surface area contributed by atoms with Gasteiger partial charge >= 0.3 is 0 Å². The normalized spacial score (nSPS) is 17.8. The summed E-state index contributed by atoms with van der Waals surface area (Å²) in [5.74, 6) is 0. The SMILES string of the molecule is CN(c1ccc(CN)nc1)C1CCCCCC1. The Bertz CT molecular complexity index is 326. The minimum Gasteiger partial charge on any atom is -0.370 e. The number of aromatic nitrogens is 1. The van der Waals surface area contributed by atoms with Crippen LogP contribution >= 0.6 is 0 Å². The number of hydrogen-bond donors (Lipinski definition) is 1. The first-order chi connectivity index (χ1) is 8.31. The second kappa shape index (κ2) is 6.01. The molecule has 1 heterocycles. The van der Waals surface area contributed by atoms with Crippen LogP contribution < -0.4 is 10.6 Å². The second-order valence-electron chi connectivity index (χ2n) is 4.97. The molecule has 2 N–H and O–H groups in total. The number of nitrogens with two attached hydrogens (primary N) is 1. The fourth-order valence-corrected chi connectivity index (χ4v) is 2.60. The van der Waals surface area contributed by atoms with E-state index in [1.54, 1.807) is 0 Å². The van der Waals surface area contributed by atoms with Crippen molar-refractivity contribution in [2.75, 3.05) is 11.9 Å². The summed E-state index contributed by atoms with van der Waals surface area (Å²) in [4.78, 5) is 6.76. The molecule has 0 radical (unpaired) electrons. The summed E-state index contributed by atoms with van der Waals surface area (Å²) in [7, 11) is 2.19. The molecule has 0 bridgehead atoms. The molecular formula is C14H23N3. The predicted octanol–water partition coefficient (Wildman–Crippen LogP) is 2.70. The van der Waals surface area contributed by atoms with Crippen molar-refractivity contribution in [3.63, 3.8) is 0 Å². The highest BCUT2D eigenvalue weighted by atomic mass is 15.1. The fraction of sp³-hybridized carbons (Fsp3) is 0.643. The zero-order chi connectivity index (χ0) is 12.1. The first-order valence-electron chi connectivity index (χ1n) is 6.69. The van der Waals surface area contributed by atoms with E-state index in [1.165, 1.54) is 44.2 Å². The van der Waals surface area contributed by atoms with Crippen molar-refractivity contribution >= 4 is 5.69 Å². The van der Waals surface area contributed by atoms with Crippen LogP contribution in [-0.4, -0.2) is 18.1 Å². The molecule has 3 heteroatoms. The fourth-order valence-electron chi connectivity index (χ4n) is 2.60. The van der Waals surface area contributed by atoms with Crippen molar-refractivity contribution in [3.8, 4) is 0 Å². The summed E-state index contributed by atoms with van der Waals surface area (Å²) in [6.45, 7) is 0.521. The molecule has 1 saturated carbocycles. The monoisotopic (exact) mass is 233 g/mol. The molecule has 0 saturated heterocycles. The largest absolute Gasteiger partial charge is 0.370 e. The third-order valence-electron chi connectivity index (χ3n) is 3.80. The number of nitrogens with zero attached hydrogens (tertiary/aromatic N) is 2. The van der Waals surface area contributed by atoms with Crippen LogP contribution in [0.5, 0.6) is 0 Å². The quantitative estimate of drug-likeness (QED) is 0.816. The van der Waals surface area contributed by atoms with Gasteiger partial charge in [-0.1, -0.05) is 25.7 Å². The van der Waals surface area contributed by atoms with Crippen molar-refractivity contribution in [3.05, 3.63) is 24.0 Å². The van der Waals surface area contributed by atoms with E-state index in [4.69, 9.17) is 5.73 Å². The minimum absolute atomic E-state index is 0.521. The summed E-state index contributed by atoms with van der Waals surface area (Å²) in [5.41, 5.74) is 7.74. The van der Waals surface area contributed by atoms with E-state index in [-0.39, 0.29) is 0 Å². The average molecular weight is 233 g/mol.